The van der Waals surface area contributed by atoms with Crippen LogP contribution in [-0.4, -0.2) is 24.0 Å². The summed E-state index contributed by atoms with van der Waals surface area (Å²) in [5, 5.41) is 13.5. The van der Waals surface area contributed by atoms with Gasteiger partial charge in [0.25, 0.3) is 5.91 Å². The van der Waals surface area contributed by atoms with E-state index in [-0.39, 0.29) is 24.0 Å². The monoisotopic (exact) mass is 266 g/mol. The van der Waals surface area contributed by atoms with Crippen LogP contribution in [0.15, 0.2) is 18.2 Å². The minimum atomic E-state index is -0.519. The zero-order valence-electron chi connectivity index (χ0n) is 11.3. The van der Waals surface area contributed by atoms with E-state index in [4.69, 9.17) is 4.74 Å². The first-order chi connectivity index (χ1) is 8.90. The molecule has 1 amide bonds. The van der Waals surface area contributed by atoms with Crippen LogP contribution >= 0.6 is 0 Å². The second-order valence-electron chi connectivity index (χ2n) is 4.71. The Bertz CT molecular complexity index is 472. The van der Waals surface area contributed by atoms with E-state index in [0.29, 0.717) is 12.5 Å². The Labute approximate surface area is 111 Å². The van der Waals surface area contributed by atoms with Crippen molar-refractivity contribution in [1.82, 2.24) is 5.32 Å². The summed E-state index contributed by atoms with van der Waals surface area (Å²) < 4.78 is 5.19. The summed E-state index contributed by atoms with van der Waals surface area (Å²) in [5.41, 5.74) is 0.639. The molecule has 19 heavy (non-hydrogen) atoms. The number of hydrogen-bond donors (Lipinski definition) is 1. The predicted octanol–water partition coefficient (Wildman–Crippen LogP) is 2.05. The molecule has 0 aliphatic carbocycles. The molecule has 1 N–H and O–H groups in total. The molecule has 6 heteroatoms. The van der Waals surface area contributed by atoms with Gasteiger partial charge in [0.15, 0.2) is 12.4 Å². The van der Waals surface area contributed by atoms with E-state index >= 15 is 0 Å². The Morgan fingerprint density at radius 2 is 2.16 bits per heavy atom. The van der Waals surface area contributed by atoms with Crippen molar-refractivity contribution in [1.29, 1.82) is 0 Å². The zero-order valence-corrected chi connectivity index (χ0v) is 11.3. The molecule has 0 atom stereocenters. The average Bonchev–Trinajstić information content (AvgIpc) is 2.34. The first-order valence-corrected chi connectivity index (χ1v) is 6.04. The van der Waals surface area contributed by atoms with Crippen molar-refractivity contribution >= 4 is 11.6 Å². The molecule has 0 saturated carbocycles. The van der Waals surface area contributed by atoms with Crippen LogP contribution < -0.4 is 10.1 Å². The summed E-state index contributed by atoms with van der Waals surface area (Å²) in [6.45, 7) is 6.04. The predicted molar refractivity (Wildman–Crippen MR) is 71.2 cm³/mol. The normalized spacial score (nSPS) is 10.3. The van der Waals surface area contributed by atoms with Crippen molar-refractivity contribution < 1.29 is 14.5 Å². The number of amides is 1. The molecule has 0 aliphatic rings. The Kier molecular flexibility index (Phi) is 5.29. The summed E-state index contributed by atoms with van der Waals surface area (Å²) in [4.78, 5) is 21.8. The first-order valence-electron chi connectivity index (χ1n) is 6.04. The van der Waals surface area contributed by atoms with E-state index in [1.807, 2.05) is 13.8 Å². The fourth-order valence-corrected chi connectivity index (χ4v) is 1.40. The van der Waals surface area contributed by atoms with Gasteiger partial charge in [0.05, 0.1) is 4.92 Å². The SMILES string of the molecule is Cc1ccc(OCC(=O)NCC(C)C)c([N+](=O)[O-])c1. The lowest BCUT2D eigenvalue weighted by atomic mass is 10.2. The van der Waals surface area contributed by atoms with Crippen LogP contribution in [0.1, 0.15) is 19.4 Å². The van der Waals surface area contributed by atoms with Crippen LogP contribution in [0.4, 0.5) is 5.69 Å². The number of benzene rings is 1. The number of carbonyl (C=O) groups excluding carboxylic acids is 1. The van der Waals surface area contributed by atoms with E-state index < -0.39 is 4.92 Å². The topological polar surface area (TPSA) is 81.5 Å². The fraction of sp³-hybridized carbons (Fsp3) is 0.462. The molecule has 0 aliphatic heterocycles. The van der Waals surface area contributed by atoms with E-state index in [0.717, 1.165) is 5.56 Å². The van der Waals surface area contributed by atoms with Gasteiger partial charge < -0.3 is 10.1 Å². The van der Waals surface area contributed by atoms with E-state index in [1.54, 1.807) is 13.0 Å². The molecule has 0 unspecified atom stereocenters. The van der Waals surface area contributed by atoms with Crippen LogP contribution in [0, 0.1) is 23.0 Å². The molecule has 0 spiro atoms. The van der Waals surface area contributed by atoms with Gasteiger partial charge >= 0.3 is 5.69 Å². The molecule has 0 bridgehead atoms. The van der Waals surface area contributed by atoms with Crippen LogP contribution in [-0.2, 0) is 4.79 Å². The number of nitrogens with one attached hydrogen (secondary N) is 1. The minimum absolute atomic E-state index is 0.107. The third-order valence-electron chi connectivity index (χ3n) is 2.38. The summed E-state index contributed by atoms with van der Waals surface area (Å²) in [5.74, 6) is 0.163. The molecule has 0 heterocycles. The summed E-state index contributed by atoms with van der Waals surface area (Å²) in [7, 11) is 0. The van der Waals surface area contributed by atoms with Crippen LogP contribution in [0.3, 0.4) is 0 Å². The smallest absolute Gasteiger partial charge is 0.311 e. The largest absolute Gasteiger partial charge is 0.477 e. The highest BCUT2D eigenvalue weighted by Crippen LogP contribution is 2.27. The molecule has 0 radical (unpaired) electrons. The molecule has 0 fully saturated rings. The Morgan fingerprint density at radius 1 is 1.47 bits per heavy atom. The molecule has 0 aromatic heterocycles. The summed E-state index contributed by atoms with van der Waals surface area (Å²) in [6.07, 6.45) is 0. The van der Waals surface area contributed by atoms with Gasteiger partial charge in [-0.05, 0) is 24.5 Å². The zero-order chi connectivity index (χ0) is 14.4. The van der Waals surface area contributed by atoms with Gasteiger partial charge in [0.1, 0.15) is 0 Å². The van der Waals surface area contributed by atoms with E-state index in [9.17, 15) is 14.9 Å². The third kappa shape index (κ3) is 4.95. The van der Waals surface area contributed by atoms with Gasteiger partial charge in [-0.15, -0.1) is 0 Å². The molecule has 1 aromatic carbocycles. The standard InChI is InChI=1S/C13H18N2O4/c1-9(2)7-14-13(16)8-19-12-5-4-10(3)6-11(12)15(17)18/h4-6,9H,7-8H2,1-3H3,(H,14,16). The molecule has 1 aromatic rings. The van der Waals surface area contributed by atoms with Crippen molar-refractivity contribution in [2.45, 2.75) is 20.8 Å². The van der Waals surface area contributed by atoms with E-state index in [2.05, 4.69) is 5.32 Å². The van der Waals surface area contributed by atoms with Gasteiger partial charge in [0.2, 0.25) is 0 Å². The summed E-state index contributed by atoms with van der Waals surface area (Å²) in [6, 6.07) is 4.62. The van der Waals surface area contributed by atoms with Gasteiger partial charge in [-0.25, -0.2) is 0 Å². The summed E-state index contributed by atoms with van der Waals surface area (Å²) >= 11 is 0. The van der Waals surface area contributed by atoms with Crippen molar-refractivity contribution in [2.24, 2.45) is 5.92 Å². The highest BCUT2D eigenvalue weighted by Gasteiger charge is 2.16. The number of ether oxygens (including phenoxy) is 1. The molecular weight excluding hydrogens is 248 g/mol. The highest BCUT2D eigenvalue weighted by molar-refractivity contribution is 5.77. The number of hydrogen-bond acceptors (Lipinski definition) is 4. The maximum atomic E-state index is 11.5. The minimum Gasteiger partial charge on any atom is -0.477 e. The number of aryl methyl sites for hydroxylation is 1. The van der Waals surface area contributed by atoms with Gasteiger partial charge in [-0.2, -0.15) is 0 Å². The lowest BCUT2D eigenvalue weighted by Crippen LogP contribution is -2.31. The van der Waals surface area contributed by atoms with Gasteiger partial charge in [-0.1, -0.05) is 19.9 Å². The molecule has 0 saturated heterocycles. The van der Waals surface area contributed by atoms with Crippen molar-refractivity contribution in [2.75, 3.05) is 13.2 Å². The van der Waals surface area contributed by atoms with Gasteiger partial charge in [-0.3, -0.25) is 14.9 Å². The third-order valence-corrected chi connectivity index (χ3v) is 2.38. The number of nitrogens with zero attached hydrogens (tertiary/aromatic N) is 1. The average molecular weight is 266 g/mol. The molecule has 104 valence electrons. The fourth-order valence-electron chi connectivity index (χ4n) is 1.40. The Morgan fingerprint density at radius 3 is 2.74 bits per heavy atom. The van der Waals surface area contributed by atoms with Crippen LogP contribution in [0.5, 0.6) is 5.75 Å². The van der Waals surface area contributed by atoms with Crippen molar-refractivity contribution in [3.8, 4) is 5.75 Å². The maximum Gasteiger partial charge on any atom is 0.311 e. The first kappa shape index (κ1) is 14.9. The second-order valence-corrected chi connectivity index (χ2v) is 4.71. The van der Waals surface area contributed by atoms with Crippen molar-refractivity contribution in [3.05, 3.63) is 33.9 Å². The Balaban J connectivity index is 2.62. The van der Waals surface area contributed by atoms with Crippen molar-refractivity contribution in [3.63, 3.8) is 0 Å². The second kappa shape index (κ2) is 6.72. The molecule has 1 rings (SSSR count). The number of nitro benzene ring substituents is 1. The molecular formula is C13H18N2O4. The number of carbonyl (C=O) groups is 1. The molecule has 6 nitrogen and oxygen atoms in total. The maximum absolute atomic E-state index is 11.5. The van der Waals surface area contributed by atoms with Gasteiger partial charge in [0, 0.05) is 12.6 Å². The van der Waals surface area contributed by atoms with Crippen LogP contribution in [0.2, 0.25) is 0 Å². The quantitative estimate of drug-likeness (QED) is 0.631. The Hall–Kier alpha value is -2.11. The number of rotatable bonds is 6. The highest BCUT2D eigenvalue weighted by atomic mass is 16.6. The lowest BCUT2D eigenvalue weighted by Gasteiger charge is -2.09. The number of nitro groups is 1. The lowest BCUT2D eigenvalue weighted by molar-refractivity contribution is -0.385. The van der Waals surface area contributed by atoms with E-state index in [1.165, 1.54) is 12.1 Å². The van der Waals surface area contributed by atoms with Crippen LogP contribution in [0.25, 0.3) is 0 Å².